The van der Waals surface area contributed by atoms with Gasteiger partial charge in [0, 0.05) is 58.0 Å². The molecule has 0 radical (unpaired) electrons. The summed E-state index contributed by atoms with van der Waals surface area (Å²) in [5.41, 5.74) is 2.70. The lowest BCUT2D eigenvalue weighted by Gasteiger charge is -2.37. The van der Waals surface area contributed by atoms with Crippen molar-refractivity contribution in [1.29, 1.82) is 0 Å². The quantitative estimate of drug-likeness (QED) is 0.688. The van der Waals surface area contributed by atoms with Crippen molar-refractivity contribution in [2.24, 2.45) is 0 Å². The zero-order chi connectivity index (χ0) is 14.5. The lowest BCUT2D eigenvalue weighted by molar-refractivity contribution is 0.0331. The minimum atomic E-state index is 0.904. The predicted octanol–water partition coefficient (Wildman–Crippen LogP) is -0.601. The molecule has 0 unspecified atom stereocenters. The Morgan fingerprint density at radius 3 is 2.00 bits per heavy atom. The van der Waals surface area contributed by atoms with Crippen LogP contribution in [0.5, 0.6) is 0 Å². The van der Waals surface area contributed by atoms with Gasteiger partial charge in [0.25, 0.3) is 0 Å². The Bertz CT molecular complexity index is 426. The van der Waals surface area contributed by atoms with Crippen LogP contribution in [0.1, 0.15) is 0 Å². The molecule has 3 rings (SSSR count). The van der Waals surface area contributed by atoms with Crippen LogP contribution in [0.2, 0.25) is 0 Å². The number of benzene rings is 1. The summed E-state index contributed by atoms with van der Waals surface area (Å²) in [6.07, 6.45) is 0. The molecule has 0 bridgehead atoms. The van der Waals surface area contributed by atoms with Gasteiger partial charge in [0.05, 0.1) is 13.2 Å². The van der Waals surface area contributed by atoms with Crippen LogP contribution in [0, 0.1) is 0 Å². The molecule has 4 nitrogen and oxygen atoms in total. The van der Waals surface area contributed by atoms with Crippen molar-refractivity contribution in [2.45, 2.75) is 0 Å². The van der Waals surface area contributed by atoms with E-state index < -0.39 is 0 Å². The molecule has 0 saturated carbocycles. The second kappa shape index (κ2) is 7.30. The van der Waals surface area contributed by atoms with E-state index in [-0.39, 0.29) is 0 Å². The maximum atomic E-state index is 5.40. The number of morpholine rings is 1. The molecule has 0 amide bonds. The number of hydrogen-bond donors (Lipinski definition) is 0. The maximum Gasteiger partial charge on any atom is 0.139 e. The van der Waals surface area contributed by atoms with Gasteiger partial charge < -0.3 is 9.64 Å². The molecule has 0 aliphatic carbocycles. The molecule has 1 aromatic rings. The Kier molecular flexibility index (Phi) is 5.17. The third-order valence-corrected chi connectivity index (χ3v) is 4.61. The fourth-order valence-corrected chi connectivity index (χ4v) is 3.09. The molecule has 2 heterocycles. The Morgan fingerprint density at radius 2 is 1.38 bits per heavy atom. The number of hydrogen-bond acceptors (Lipinski definition) is 4. The lowest BCUT2D eigenvalue weighted by Crippen LogP contribution is -2.49. The molecule has 114 valence electrons. The van der Waals surface area contributed by atoms with E-state index in [0.29, 0.717) is 0 Å². The van der Waals surface area contributed by atoms with E-state index in [1.165, 1.54) is 37.3 Å². The van der Waals surface area contributed by atoms with Gasteiger partial charge in [0.1, 0.15) is 7.85 Å². The van der Waals surface area contributed by atoms with Crippen LogP contribution in [0.4, 0.5) is 5.69 Å². The van der Waals surface area contributed by atoms with E-state index in [1.807, 2.05) is 0 Å². The van der Waals surface area contributed by atoms with Crippen LogP contribution < -0.4 is 10.4 Å². The average Bonchev–Trinajstić information content (AvgIpc) is 2.55. The second-order valence-electron chi connectivity index (χ2n) is 6.12. The van der Waals surface area contributed by atoms with Crippen molar-refractivity contribution in [1.82, 2.24) is 9.80 Å². The summed E-state index contributed by atoms with van der Waals surface area (Å²) in [5.74, 6) is 0. The molecule has 5 heteroatoms. The molecular formula is C16H26BN3O. The second-order valence-corrected chi connectivity index (χ2v) is 6.12. The zero-order valence-corrected chi connectivity index (χ0v) is 13.1. The van der Waals surface area contributed by atoms with Gasteiger partial charge in [-0.15, -0.1) is 0 Å². The molecule has 2 aliphatic heterocycles. The summed E-state index contributed by atoms with van der Waals surface area (Å²) in [6.45, 7) is 11.0. The van der Waals surface area contributed by atoms with Crippen LogP contribution >= 0.6 is 0 Å². The molecule has 0 atom stereocenters. The molecular weight excluding hydrogens is 261 g/mol. The molecule has 0 N–H and O–H groups in total. The molecule has 2 saturated heterocycles. The summed E-state index contributed by atoms with van der Waals surface area (Å²) in [7, 11) is 2.15. The fraction of sp³-hybridized carbons (Fsp3) is 0.625. The smallest absolute Gasteiger partial charge is 0.139 e. The van der Waals surface area contributed by atoms with Crippen LogP contribution in [0.3, 0.4) is 0 Å². The van der Waals surface area contributed by atoms with E-state index in [0.717, 1.165) is 39.4 Å². The van der Waals surface area contributed by atoms with Crippen molar-refractivity contribution in [3.8, 4) is 0 Å². The van der Waals surface area contributed by atoms with E-state index in [9.17, 15) is 0 Å². The highest BCUT2D eigenvalue weighted by Gasteiger charge is 2.18. The highest BCUT2D eigenvalue weighted by atomic mass is 16.5. The number of nitrogens with zero attached hydrogens (tertiary/aromatic N) is 3. The van der Waals surface area contributed by atoms with Crippen LogP contribution in [-0.2, 0) is 4.74 Å². The molecule has 2 fully saturated rings. The monoisotopic (exact) mass is 287 g/mol. The molecule has 0 spiro atoms. The SMILES string of the molecule is Bc1ccc(N2CCN(CCN3CCOCC3)CC2)cc1. The van der Waals surface area contributed by atoms with Crippen LogP contribution in [0.25, 0.3) is 0 Å². The molecule has 1 aromatic carbocycles. The topological polar surface area (TPSA) is 19.0 Å². The molecule has 2 aliphatic rings. The van der Waals surface area contributed by atoms with Crippen molar-refractivity contribution < 1.29 is 4.74 Å². The minimum absolute atomic E-state index is 0.904. The Labute approximate surface area is 129 Å². The van der Waals surface area contributed by atoms with E-state index >= 15 is 0 Å². The first kappa shape index (κ1) is 14.9. The maximum absolute atomic E-state index is 5.40. The summed E-state index contributed by atoms with van der Waals surface area (Å²) in [4.78, 5) is 7.63. The first-order valence-corrected chi connectivity index (χ1v) is 8.15. The fourth-order valence-electron chi connectivity index (χ4n) is 3.09. The van der Waals surface area contributed by atoms with Crippen molar-refractivity contribution in [3.63, 3.8) is 0 Å². The Morgan fingerprint density at radius 1 is 0.810 bits per heavy atom. The lowest BCUT2D eigenvalue weighted by atomic mass is 9.96. The minimum Gasteiger partial charge on any atom is -0.379 e. The highest BCUT2D eigenvalue weighted by molar-refractivity contribution is 6.32. The summed E-state index contributed by atoms with van der Waals surface area (Å²) < 4.78 is 5.40. The van der Waals surface area contributed by atoms with Gasteiger partial charge in [-0.1, -0.05) is 17.6 Å². The van der Waals surface area contributed by atoms with Gasteiger partial charge in [0.15, 0.2) is 0 Å². The predicted molar refractivity (Wildman–Crippen MR) is 90.5 cm³/mol. The summed E-state index contributed by atoms with van der Waals surface area (Å²) >= 11 is 0. The first-order chi connectivity index (χ1) is 10.3. The number of anilines is 1. The van der Waals surface area contributed by atoms with Crippen molar-refractivity contribution in [3.05, 3.63) is 24.3 Å². The molecule has 21 heavy (non-hydrogen) atoms. The normalized spacial score (nSPS) is 21.6. The van der Waals surface area contributed by atoms with Gasteiger partial charge in [-0.3, -0.25) is 9.80 Å². The summed E-state index contributed by atoms with van der Waals surface area (Å²) in [6, 6.07) is 8.91. The van der Waals surface area contributed by atoms with E-state index in [2.05, 4.69) is 46.8 Å². The number of piperazine rings is 1. The zero-order valence-electron chi connectivity index (χ0n) is 13.1. The molecule has 0 aromatic heterocycles. The van der Waals surface area contributed by atoms with E-state index in [4.69, 9.17) is 4.74 Å². The van der Waals surface area contributed by atoms with Crippen molar-refractivity contribution in [2.75, 3.05) is 70.5 Å². The number of ether oxygens (including phenoxy) is 1. The van der Waals surface area contributed by atoms with E-state index in [1.54, 1.807) is 0 Å². The Hall–Kier alpha value is -1.04. The third-order valence-electron chi connectivity index (χ3n) is 4.61. The van der Waals surface area contributed by atoms with Gasteiger partial charge in [-0.2, -0.15) is 0 Å². The van der Waals surface area contributed by atoms with Gasteiger partial charge in [0.2, 0.25) is 0 Å². The third kappa shape index (κ3) is 4.22. The van der Waals surface area contributed by atoms with Crippen LogP contribution in [-0.4, -0.2) is 83.2 Å². The Balaban J connectivity index is 1.41. The standard InChI is InChI=1S/C16H26BN3O/c17-15-1-3-16(4-2-15)20-9-7-18(8-10-20)5-6-19-11-13-21-14-12-19/h1-4H,5-14,17H2. The van der Waals surface area contributed by atoms with Crippen LogP contribution in [0.15, 0.2) is 24.3 Å². The van der Waals surface area contributed by atoms with Gasteiger partial charge in [-0.25, -0.2) is 0 Å². The van der Waals surface area contributed by atoms with Gasteiger partial charge >= 0.3 is 0 Å². The van der Waals surface area contributed by atoms with Gasteiger partial charge in [-0.05, 0) is 12.1 Å². The average molecular weight is 287 g/mol. The largest absolute Gasteiger partial charge is 0.379 e. The first-order valence-electron chi connectivity index (χ1n) is 8.15. The summed E-state index contributed by atoms with van der Waals surface area (Å²) in [5, 5.41) is 0. The van der Waals surface area contributed by atoms with Crippen molar-refractivity contribution >= 4 is 19.0 Å². The highest BCUT2D eigenvalue weighted by Crippen LogP contribution is 2.14. The number of rotatable bonds is 4.